The summed E-state index contributed by atoms with van der Waals surface area (Å²) in [6.07, 6.45) is 0. The molecule has 0 aliphatic carbocycles. The third-order valence-corrected chi connectivity index (χ3v) is 2.14. The minimum absolute atomic E-state index is 0.423. The van der Waals surface area contributed by atoms with Crippen molar-refractivity contribution in [2.24, 2.45) is 0 Å². The molecule has 10 heavy (non-hydrogen) atoms. The summed E-state index contributed by atoms with van der Waals surface area (Å²) < 4.78 is 1.21. The van der Waals surface area contributed by atoms with Gasteiger partial charge in [-0.3, -0.25) is 0 Å². The van der Waals surface area contributed by atoms with Crippen molar-refractivity contribution in [2.45, 2.75) is 13.8 Å². The molecule has 2 heteroatoms. The Morgan fingerprint density at radius 3 is 2.00 bits per heavy atom. The van der Waals surface area contributed by atoms with Gasteiger partial charge in [0.1, 0.15) is 0 Å². The standard InChI is InChI=1S/C8H9OTe/c1-5-3-7(10)4-6(2)8(5)9/h3-4,9H,1-2H3. The summed E-state index contributed by atoms with van der Waals surface area (Å²) in [5, 5.41) is 9.33. The number of rotatable bonds is 0. The summed E-state index contributed by atoms with van der Waals surface area (Å²) in [6.45, 7) is 3.83. The predicted octanol–water partition coefficient (Wildman–Crippen LogP) is 0.803. The molecule has 1 aromatic rings. The van der Waals surface area contributed by atoms with Crippen molar-refractivity contribution in [3.63, 3.8) is 0 Å². The van der Waals surface area contributed by atoms with Crippen LogP contribution in [0.5, 0.6) is 5.75 Å². The van der Waals surface area contributed by atoms with Gasteiger partial charge in [0, 0.05) is 0 Å². The molecular weight excluding hydrogens is 240 g/mol. The molecule has 0 aliphatic heterocycles. The zero-order valence-corrected chi connectivity index (χ0v) is 8.34. The number of phenols is 1. The van der Waals surface area contributed by atoms with Gasteiger partial charge in [-0.25, -0.2) is 0 Å². The molecule has 0 heterocycles. The summed E-state index contributed by atoms with van der Waals surface area (Å²) in [5.41, 5.74) is 1.92. The molecular formula is C8H9OTe. The van der Waals surface area contributed by atoms with E-state index in [-0.39, 0.29) is 0 Å². The fraction of sp³-hybridized carbons (Fsp3) is 0.250. The average Bonchev–Trinajstić information content (AvgIpc) is 1.82. The second-order valence-corrected chi connectivity index (χ2v) is 3.75. The van der Waals surface area contributed by atoms with E-state index in [1.165, 1.54) is 3.61 Å². The van der Waals surface area contributed by atoms with Gasteiger partial charge in [-0.05, 0) is 0 Å². The van der Waals surface area contributed by atoms with Crippen LogP contribution in [0.3, 0.4) is 0 Å². The van der Waals surface area contributed by atoms with E-state index in [0.717, 1.165) is 11.1 Å². The van der Waals surface area contributed by atoms with Gasteiger partial charge in [0.25, 0.3) is 0 Å². The van der Waals surface area contributed by atoms with Crippen molar-refractivity contribution in [3.8, 4) is 5.75 Å². The minimum atomic E-state index is 0.423. The zero-order valence-electron chi connectivity index (χ0n) is 6.01. The van der Waals surface area contributed by atoms with E-state index < -0.39 is 0 Å². The van der Waals surface area contributed by atoms with Crippen LogP contribution in [-0.2, 0) is 0 Å². The molecule has 1 N–H and O–H groups in total. The molecule has 1 aromatic carbocycles. The molecule has 0 aromatic heterocycles. The fourth-order valence-electron chi connectivity index (χ4n) is 0.916. The SMILES string of the molecule is Cc1cc([Te])cc(C)c1O. The Morgan fingerprint density at radius 1 is 1.20 bits per heavy atom. The summed E-state index contributed by atoms with van der Waals surface area (Å²) in [4.78, 5) is 0. The first kappa shape index (κ1) is 7.91. The second-order valence-electron chi connectivity index (χ2n) is 2.41. The Morgan fingerprint density at radius 2 is 1.60 bits per heavy atom. The molecule has 0 amide bonds. The van der Waals surface area contributed by atoms with E-state index in [1.54, 1.807) is 0 Å². The molecule has 1 nitrogen and oxygen atoms in total. The Bertz CT molecular complexity index is 232. The number of aromatic hydroxyl groups is 1. The molecule has 0 saturated carbocycles. The Balaban J connectivity index is 3.31. The van der Waals surface area contributed by atoms with Gasteiger partial charge >= 0.3 is 73.9 Å². The molecule has 0 unspecified atom stereocenters. The molecule has 1 rings (SSSR count). The van der Waals surface area contributed by atoms with Gasteiger partial charge in [0.2, 0.25) is 0 Å². The summed E-state index contributed by atoms with van der Waals surface area (Å²) in [7, 11) is 0. The summed E-state index contributed by atoms with van der Waals surface area (Å²) >= 11 is 1.96. The van der Waals surface area contributed by atoms with Crippen LogP contribution in [0.15, 0.2) is 12.1 Å². The first-order valence-corrected chi connectivity index (χ1v) is 4.25. The van der Waals surface area contributed by atoms with Crippen LogP contribution in [0.4, 0.5) is 0 Å². The maximum atomic E-state index is 9.33. The van der Waals surface area contributed by atoms with Crippen molar-refractivity contribution in [1.29, 1.82) is 0 Å². The first-order chi connectivity index (χ1) is 4.61. The van der Waals surface area contributed by atoms with Crippen LogP contribution in [0, 0.1) is 13.8 Å². The van der Waals surface area contributed by atoms with Crippen molar-refractivity contribution >= 4 is 25.9 Å². The van der Waals surface area contributed by atoms with E-state index in [1.807, 2.05) is 48.3 Å². The molecule has 0 saturated heterocycles. The van der Waals surface area contributed by atoms with Crippen molar-refractivity contribution in [3.05, 3.63) is 23.3 Å². The van der Waals surface area contributed by atoms with Gasteiger partial charge < -0.3 is 0 Å². The van der Waals surface area contributed by atoms with Crippen LogP contribution < -0.4 is 3.61 Å². The number of phenolic OH excluding ortho intramolecular Hbond substituents is 1. The Hall–Kier alpha value is -0.190. The molecule has 0 fully saturated rings. The van der Waals surface area contributed by atoms with Crippen LogP contribution in [-0.4, -0.2) is 27.4 Å². The third-order valence-electron chi connectivity index (χ3n) is 1.46. The monoisotopic (exact) mass is 251 g/mol. The number of hydrogen-bond donors (Lipinski definition) is 1. The van der Waals surface area contributed by atoms with Crippen molar-refractivity contribution < 1.29 is 5.11 Å². The predicted molar refractivity (Wildman–Crippen MR) is 43.0 cm³/mol. The second kappa shape index (κ2) is 2.82. The van der Waals surface area contributed by atoms with Crippen LogP contribution in [0.25, 0.3) is 0 Å². The Labute approximate surface area is 74.0 Å². The van der Waals surface area contributed by atoms with Gasteiger partial charge in [-0.1, -0.05) is 0 Å². The number of benzene rings is 1. The van der Waals surface area contributed by atoms with E-state index in [2.05, 4.69) is 0 Å². The van der Waals surface area contributed by atoms with Crippen LogP contribution >= 0.6 is 0 Å². The molecule has 0 bridgehead atoms. The van der Waals surface area contributed by atoms with E-state index >= 15 is 0 Å². The average molecular weight is 249 g/mol. The Kier molecular flexibility index (Phi) is 2.23. The van der Waals surface area contributed by atoms with Crippen LogP contribution in [0.1, 0.15) is 11.1 Å². The normalized spacial score (nSPS) is 9.80. The van der Waals surface area contributed by atoms with Crippen LogP contribution in [0.2, 0.25) is 0 Å². The quantitative estimate of drug-likeness (QED) is 0.674. The maximum absolute atomic E-state index is 9.33. The van der Waals surface area contributed by atoms with Gasteiger partial charge in [0.15, 0.2) is 0 Å². The van der Waals surface area contributed by atoms with E-state index in [0.29, 0.717) is 5.75 Å². The molecule has 0 atom stereocenters. The molecule has 0 spiro atoms. The van der Waals surface area contributed by atoms with Crippen molar-refractivity contribution in [2.75, 3.05) is 0 Å². The molecule has 0 aliphatic rings. The summed E-state index contributed by atoms with van der Waals surface area (Å²) in [5.74, 6) is 0.423. The van der Waals surface area contributed by atoms with Gasteiger partial charge in [0.05, 0.1) is 0 Å². The topological polar surface area (TPSA) is 20.2 Å². The molecule has 53 valence electrons. The first-order valence-electron chi connectivity index (χ1n) is 3.08. The van der Waals surface area contributed by atoms with Crippen molar-refractivity contribution in [1.82, 2.24) is 0 Å². The fourth-order valence-corrected chi connectivity index (χ4v) is 1.93. The van der Waals surface area contributed by atoms with Gasteiger partial charge in [-0.2, -0.15) is 0 Å². The zero-order chi connectivity index (χ0) is 7.72. The summed E-state index contributed by atoms with van der Waals surface area (Å²) in [6, 6.07) is 3.96. The third kappa shape index (κ3) is 1.45. The number of aryl methyl sites for hydroxylation is 2. The number of hydrogen-bond acceptors (Lipinski definition) is 1. The van der Waals surface area contributed by atoms with E-state index in [9.17, 15) is 5.11 Å². The van der Waals surface area contributed by atoms with E-state index in [4.69, 9.17) is 0 Å². The van der Waals surface area contributed by atoms with Gasteiger partial charge in [-0.15, -0.1) is 0 Å². The molecule has 1 radical (unpaired) electrons.